The van der Waals surface area contributed by atoms with Crippen molar-refractivity contribution < 1.29 is 4.39 Å². The molecule has 3 aromatic rings. The third-order valence-electron chi connectivity index (χ3n) is 4.63. The number of benzene rings is 3. The SMILES string of the molecule is CCc1ccc2c(c1)Cc1c-2ccc(-c2ccc(Cl)cc2)c1F. The van der Waals surface area contributed by atoms with Crippen molar-refractivity contribution in [3.63, 3.8) is 0 Å². The number of halogens is 2. The van der Waals surface area contributed by atoms with E-state index in [1.807, 2.05) is 24.3 Å². The second-order valence-electron chi connectivity index (χ2n) is 5.98. The lowest BCUT2D eigenvalue weighted by atomic mass is 9.98. The fraction of sp³-hybridized carbons (Fsp3) is 0.143. The number of hydrogen-bond donors (Lipinski definition) is 0. The molecule has 2 heteroatoms. The zero-order valence-corrected chi connectivity index (χ0v) is 13.6. The van der Waals surface area contributed by atoms with Gasteiger partial charge in [0.2, 0.25) is 0 Å². The molecule has 1 aliphatic carbocycles. The van der Waals surface area contributed by atoms with Crippen LogP contribution in [0.5, 0.6) is 0 Å². The van der Waals surface area contributed by atoms with Gasteiger partial charge >= 0.3 is 0 Å². The Morgan fingerprint density at radius 2 is 1.61 bits per heavy atom. The molecule has 0 atom stereocenters. The number of rotatable bonds is 2. The highest BCUT2D eigenvalue weighted by Gasteiger charge is 2.23. The molecule has 0 saturated carbocycles. The largest absolute Gasteiger partial charge is 0.206 e. The molecule has 0 spiro atoms. The van der Waals surface area contributed by atoms with Gasteiger partial charge in [-0.15, -0.1) is 0 Å². The molecule has 114 valence electrons. The highest BCUT2D eigenvalue weighted by molar-refractivity contribution is 6.30. The predicted molar refractivity (Wildman–Crippen MR) is 94.5 cm³/mol. The third kappa shape index (κ3) is 2.36. The number of hydrogen-bond acceptors (Lipinski definition) is 0. The summed E-state index contributed by atoms with van der Waals surface area (Å²) in [5.74, 6) is -0.112. The van der Waals surface area contributed by atoms with Crippen LogP contribution in [-0.2, 0) is 12.8 Å². The average Bonchev–Trinajstić information content (AvgIpc) is 2.95. The lowest BCUT2D eigenvalue weighted by Crippen LogP contribution is -1.92. The second-order valence-corrected chi connectivity index (χ2v) is 6.42. The maximum atomic E-state index is 15.1. The van der Waals surface area contributed by atoms with Crippen LogP contribution in [0.2, 0.25) is 5.02 Å². The summed E-state index contributed by atoms with van der Waals surface area (Å²) >= 11 is 5.93. The Balaban J connectivity index is 1.83. The Hall–Kier alpha value is -2.12. The van der Waals surface area contributed by atoms with Crippen LogP contribution in [0.1, 0.15) is 23.6 Å². The van der Waals surface area contributed by atoms with Crippen LogP contribution in [-0.4, -0.2) is 0 Å². The number of aryl methyl sites for hydroxylation is 1. The van der Waals surface area contributed by atoms with Crippen LogP contribution in [0.3, 0.4) is 0 Å². The highest BCUT2D eigenvalue weighted by atomic mass is 35.5. The van der Waals surface area contributed by atoms with E-state index in [9.17, 15) is 0 Å². The molecule has 4 rings (SSSR count). The van der Waals surface area contributed by atoms with E-state index < -0.39 is 0 Å². The lowest BCUT2D eigenvalue weighted by Gasteiger charge is -2.09. The summed E-state index contributed by atoms with van der Waals surface area (Å²) in [6.45, 7) is 2.14. The molecule has 0 amide bonds. The van der Waals surface area contributed by atoms with Crippen molar-refractivity contribution in [2.45, 2.75) is 19.8 Å². The van der Waals surface area contributed by atoms with Crippen LogP contribution in [0.25, 0.3) is 22.3 Å². The van der Waals surface area contributed by atoms with Gasteiger partial charge in [-0.25, -0.2) is 4.39 Å². The van der Waals surface area contributed by atoms with Crippen LogP contribution in [0.4, 0.5) is 4.39 Å². The van der Waals surface area contributed by atoms with Crippen molar-refractivity contribution >= 4 is 11.6 Å². The monoisotopic (exact) mass is 322 g/mol. The van der Waals surface area contributed by atoms with E-state index in [4.69, 9.17) is 11.6 Å². The van der Waals surface area contributed by atoms with E-state index in [1.165, 1.54) is 16.7 Å². The molecule has 0 radical (unpaired) electrons. The molecule has 0 saturated heterocycles. The fourth-order valence-corrected chi connectivity index (χ4v) is 3.49. The zero-order chi connectivity index (χ0) is 16.0. The second kappa shape index (κ2) is 5.50. The minimum atomic E-state index is -0.112. The molecule has 0 aromatic heterocycles. The molecule has 0 aliphatic heterocycles. The van der Waals surface area contributed by atoms with Crippen molar-refractivity contribution in [1.29, 1.82) is 0 Å². The minimum absolute atomic E-state index is 0.112. The molecule has 3 aromatic carbocycles. The van der Waals surface area contributed by atoms with Crippen LogP contribution in [0.15, 0.2) is 54.6 Å². The van der Waals surface area contributed by atoms with Gasteiger partial charge in [0.25, 0.3) is 0 Å². The van der Waals surface area contributed by atoms with Crippen molar-refractivity contribution in [1.82, 2.24) is 0 Å². The van der Waals surface area contributed by atoms with Gasteiger partial charge in [0, 0.05) is 22.6 Å². The quantitative estimate of drug-likeness (QED) is 0.407. The van der Waals surface area contributed by atoms with E-state index in [0.29, 0.717) is 17.0 Å². The number of fused-ring (bicyclic) bond motifs is 3. The average molecular weight is 323 g/mol. The van der Waals surface area contributed by atoms with Gasteiger partial charge in [0.15, 0.2) is 0 Å². The van der Waals surface area contributed by atoms with Crippen LogP contribution >= 0.6 is 11.6 Å². The molecule has 23 heavy (non-hydrogen) atoms. The summed E-state index contributed by atoms with van der Waals surface area (Å²) in [4.78, 5) is 0. The van der Waals surface area contributed by atoms with Crippen molar-refractivity contribution in [3.05, 3.63) is 82.1 Å². The molecule has 1 aliphatic rings. The van der Waals surface area contributed by atoms with E-state index >= 15 is 4.39 Å². The van der Waals surface area contributed by atoms with Gasteiger partial charge in [-0.05, 0) is 46.4 Å². The summed E-state index contributed by atoms with van der Waals surface area (Å²) in [6.07, 6.45) is 1.67. The van der Waals surface area contributed by atoms with Crippen molar-refractivity contribution in [3.8, 4) is 22.3 Å². The summed E-state index contributed by atoms with van der Waals surface area (Å²) < 4.78 is 15.1. The van der Waals surface area contributed by atoms with E-state index in [-0.39, 0.29) is 5.82 Å². The standard InChI is InChI=1S/C21H16ClF/c1-2-13-3-8-17-15(11-13)12-20-19(17)10-9-18(21(20)23)14-4-6-16(22)7-5-14/h3-11H,2,12H2,1H3. The van der Waals surface area contributed by atoms with Gasteiger partial charge < -0.3 is 0 Å². The normalized spacial score (nSPS) is 12.1. The molecule has 0 nitrogen and oxygen atoms in total. The van der Waals surface area contributed by atoms with Gasteiger partial charge in [-0.1, -0.05) is 61.0 Å². The van der Waals surface area contributed by atoms with E-state index in [0.717, 1.165) is 23.1 Å². The van der Waals surface area contributed by atoms with Crippen LogP contribution in [0, 0.1) is 5.82 Å². The van der Waals surface area contributed by atoms with Crippen molar-refractivity contribution in [2.24, 2.45) is 0 Å². The predicted octanol–water partition coefficient (Wildman–Crippen LogP) is 6.28. The van der Waals surface area contributed by atoms with Gasteiger partial charge in [0.1, 0.15) is 5.82 Å². The molecule has 0 heterocycles. The highest BCUT2D eigenvalue weighted by Crippen LogP contribution is 2.41. The van der Waals surface area contributed by atoms with Gasteiger partial charge in [0.05, 0.1) is 0 Å². The first-order valence-electron chi connectivity index (χ1n) is 7.87. The molecule has 0 unspecified atom stereocenters. The van der Waals surface area contributed by atoms with Gasteiger partial charge in [-0.2, -0.15) is 0 Å². The first-order chi connectivity index (χ1) is 11.2. The van der Waals surface area contributed by atoms with E-state index in [2.05, 4.69) is 25.1 Å². The third-order valence-corrected chi connectivity index (χ3v) is 4.89. The zero-order valence-electron chi connectivity index (χ0n) is 12.9. The Morgan fingerprint density at radius 3 is 2.35 bits per heavy atom. The summed E-state index contributed by atoms with van der Waals surface area (Å²) in [6, 6.07) is 17.7. The molecule has 0 fully saturated rings. The Bertz CT molecular complexity index is 894. The molecule has 0 N–H and O–H groups in total. The topological polar surface area (TPSA) is 0 Å². The Labute approximate surface area is 140 Å². The summed E-state index contributed by atoms with van der Waals surface area (Å²) in [7, 11) is 0. The van der Waals surface area contributed by atoms with Gasteiger partial charge in [-0.3, -0.25) is 0 Å². The summed E-state index contributed by atoms with van der Waals surface area (Å²) in [5.41, 5.74) is 7.03. The maximum Gasteiger partial charge on any atom is 0.135 e. The minimum Gasteiger partial charge on any atom is -0.206 e. The van der Waals surface area contributed by atoms with Crippen molar-refractivity contribution in [2.75, 3.05) is 0 Å². The first-order valence-corrected chi connectivity index (χ1v) is 8.24. The Kier molecular flexibility index (Phi) is 3.46. The molecule has 0 bridgehead atoms. The van der Waals surface area contributed by atoms with Crippen LogP contribution < -0.4 is 0 Å². The first kappa shape index (κ1) is 14.5. The summed E-state index contributed by atoms with van der Waals surface area (Å²) in [5, 5.41) is 0.662. The maximum absolute atomic E-state index is 15.1. The molecular weight excluding hydrogens is 307 g/mol. The van der Waals surface area contributed by atoms with E-state index in [1.54, 1.807) is 12.1 Å². The lowest BCUT2D eigenvalue weighted by molar-refractivity contribution is 0.620. The Morgan fingerprint density at radius 1 is 0.913 bits per heavy atom. The molecular formula is C21H16ClF. The smallest absolute Gasteiger partial charge is 0.135 e. The fourth-order valence-electron chi connectivity index (χ4n) is 3.37.